The molecule has 2 aromatic heterocycles. The van der Waals surface area contributed by atoms with E-state index in [1.807, 2.05) is 89.9 Å². The fraction of sp³-hybridized carbons (Fsp3) is 0.0769. The van der Waals surface area contributed by atoms with Crippen molar-refractivity contribution >= 4 is 22.4 Å². The molecule has 0 fully saturated rings. The fourth-order valence-electron chi connectivity index (χ4n) is 4.66. The van der Waals surface area contributed by atoms with Crippen molar-refractivity contribution in [3.8, 4) is 17.0 Å². The molecule has 162 valence electrons. The molecule has 0 amide bonds. The Bertz CT molecular complexity index is 1540. The zero-order valence-corrected chi connectivity index (χ0v) is 17.9. The lowest BCUT2D eigenvalue weighted by atomic mass is 9.95. The molecular weight excluding hydrogens is 414 g/mol. The average Bonchev–Trinajstić information content (AvgIpc) is 3.44. The first-order valence-electron chi connectivity index (χ1n) is 10.7. The first kappa shape index (κ1) is 19.2. The van der Waals surface area contributed by atoms with E-state index in [1.165, 1.54) is 0 Å². The number of hydrogen-bond acceptors (Lipinski definition) is 5. The smallest absolute Gasteiger partial charge is 0.264 e. The van der Waals surface area contributed by atoms with Crippen molar-refractivity contribution in [3.05, 3.63) is 106 Å². The Morgan fingerprint density at radius 3 is 2.33 bits per heavy atom. The second-order valence-corrected chi connectivity index (χ2v) is 8.10. The number of aromatic hydroxyl groups is 1. The molecule has 5 aromatic rings. The lowest BCUT2D eigenvalue weighted by Crippen LogP contribution is -2.29. The molecule has 6 rings (SSSR count). The SMILES string of the molecule is Cn1c(=O)c(-c2[nH]nc3c2C(c2ccccc2)N(c2ccccc2)N3)c(O)c2ccccc21. The van der Waals surface area contributed by atoms with Crippen LogP contribution in [0.4, 0.5) is 11.5 Å². The van der Waals surface area contributed by atoms with Gasteiger partial charge in [-0.25, -0.2) is 0 Å². The van der Waals surface area contributed by atoms with Gasteiger partial charge in [0.1, 0.15) is 17.4 Å². The average molecular weight is 435 g/mol. The van der Waals surface area contributed by atoms with Crippen LogP contribution in [-0.2, 0) is 7.05 Å². The number of fused-ring (bicyclic) bond motifs is 2. The Balaban J connectivity index is 1.61. The number of nitrogens with one attached hydrogen (secondary N) is 2. The second-order valence-electron chi connectivity index (χ2n) is 8.10. The Morgan fingerprint density at radius 2 is 1.58 bits per heavy atom. The van der Waals surface area contributed by atoms with Crippen LogP contribution in [0, 0.1) is 0 Å². The maximum Gasteiger partial charge on any atom is 0.264 e. The molecule has 1 atom stereocenters. The lowest BCUT2D eigenvalue weighted by Gasteiger charge is -2.27. The normalized spacial score (nSPS) is 14.9. The first-order valence-corrected chi connectivity index (χ1v) is 10.7. The van der Waals surface area contributed by atoms with E-state index in [0.29, 0.717) is 22.4 Å². The van der Waals surface area contributed by atoms with Crippen LogP contribution in [0.1, 0.15) is 17.2 Å². The number of anilines is 2. The Morgan fingerprint density at radius 1 is 0.909 bits per heavy atom. The molecule has 7 nitrogen and oxygen atoms in total. The van der Waals surface area contributed by atoms with Crippen LogP contribution in [0.15, 0.2) is 89.7 Å². The van der Waals surface area contributed by atoms with Gasteiger partial charge in [0.2, 0.25) is 0 Å². The van der Waals surface area contributed by atoms with E-state index in [9.17, 15) is 9.90 Å². The van der Waals surface area contributed by atoms with Crippen LogP contribution in [0.25, 0.3) is 22.2 Å². The minimum Gasteiger partial charge on any atom is -0.506 e. The molecule has 1 unspecified atom stereocenters. The number of aromatic amines is 1. The van der Waals surface area contributed by atoms with Crippen molar-refractivity contribution in [1.29, 1.82) is 0 Å². The van der Waals surface area contributed by atoms with E-state index in [2.05, 4.69) is 15.6 Å². The Kier molecular flexibility index (Phi) is 4.23. The van der Waals surface area contributed by atoms with Gasteiger partial charge in [0.15, 0.2) is 5.82 Å². The summed E-state index contributed by atoms with van der Waals surface area (Å²) >= 11 is 0. The highest BCUT2D eigenvalue weighted by atomic mass is 16.3. The summed E-state index contributed by atoms with van der Waals surface area (Å²) in [5.74, 6) is 0.572. The molecule has 0 saturated carbocycles. The van der Waals surface area contributed by atoms with Crippen molar-refractivity contribution in [2.45, 2.75) is 6.04 Å². The summed E-state index contributed by atoms with van der Waals surface area (Å²) in [6, 6.07) is 27.1. The predicted molar refractivity (Wildman–Crippen MR) is 129 cm³/mol. The molecule has 3 N–H and O–H groups in total. The number of benzene rings is 3. The minimum absolute atomic E-state index is 0.0508. The molecule has 0 spiro atoms. The first-order chi connectivity index (χ1) is 16.1. The van der Waals surface area contributed by atoms with Gasteiger partial charge in [0.05, 0.1) is 22.5 Å². The second kappa shape index (κ2) is 7.27. The number of hydrogen-bond donors (Lipinski definition) is 3. The van der Waals surface area contributed by atoms with Crippen molar-refractivity contribution < 1.29 is 5.11 Å². The molecule has 3 heterocycles. The molecule has 0 aliphatic carbocycles. The number of aryl methyl sites for hydroxylation is 1. The monoisotopic (exact) mass is 435 g/mol. The molecule has 1 aliphatic heterocycles. The zero-order chi connectivity index (χ0) is 22.5. The third-order valence-electron chi connectivity index (χ3n) is 6.24. The topological polar surface area (TPSA) is 86.2 Å². The lowest BCUT2D eigenvalue weighted by molar-refractivity contribution is 0.481. The molecule has 33 heavy (non-hydrogen) atoms. The van der Waals surface area contributed by atoms with E-state index in [1.54, 1.807) is 11.6 Å². The van der Waals surface area contributed by atoms with Crippen molar-refractivity contribution in [2.24, 2.45) is 7.05 Å². The van der Waals surface area contributed by atoms with E-state index in [4.69, 9.17) is 0 Å². The summed E-state index contributed by atoms with van der Waals surface area (Å²) in [5, 5.41) is 21.4. The van der Waals surface area contributed by atoms with E-state index in [0.717, 1.165) is 16.8 Å². The van der Waals surface area contributed by atoms with Gasteiger partial charge < -0.3 is 9.67 Å². The van der Waals surface area contributed by atoms with Crippen LogP contribution in [0.3, 0.4) is 0 Å². The highest BCUT2D eigenvalue weighted by Gasteiger charge is 2.38. The molecule has 0 radical (unpaired) electrons. The van der Waals surface area contributed by atoms with Crippen LogP contribution in [-0.4, -0.2) is 19.9 Å². The van der Waals surface area contributed by atoms with E-state index < -0.39 is 0 Å². The number of hydrazine groups is 1. The van der Waals surface area contributed by atoms with Crippen LogP contribution in [0.2, 0.25) is 0 Å². The van der Waals surface area contributed by atoms with Gasteiger partial charge in [-0.1, -0.05) is 60.7 Å². The fourth-order valence-corrected chi connectivity index (χ4v) is 4.66. The molecule has 1 aliphatic rings. The maximum absolute atomic E-state index is 13.4. The quantitative estimate of drug-likeness (QED) is 0.387. The number of H-pyrrole nitrogens is 1. The summed E-state index contributed by atoms with van der Waals surface area (Å²) in [4.78, 5) is 13.4. The highest BCUT2D eigenvalue weighted by Crippen LogP contribution is 2.46. The number of nitrogens with zero attached hydrogens (tertiary/aromatic N) is 3. The molecular formula is C26H21N5O2. The maximum atomic E-state index is 13.4. The standard InChI is InChI=1S/C26H21N5O2/c1-30-19-15-9-8-14-18(19)24(32)21(26(30)33)22-20-23(16-10-4-2-5-11-16)31(29-25(20)28-27-22)17-12-6-3-7-13-17/h2-15,23,32H,1H3,(H2,27,28,29). The highest BCUT2D eigenvalue weighted by molar-refractivity contribution is 5.93. The minimum atomic E-state index is -0.289. The van der Waals surface area contributed by atoms with Gasteiger partial charge in [-0.2, -0.15) is 5.10 Å². The van der Waals surface area contributed by atoms with Gasteiger partial charge in [-0.15, -0.1) is 0 Å². The van der Waals surface area contributed by atoms with Crippen LogP contribution in [0.5, 0.6) is 5.75 Å². The molecule has 0 bridgehead atoms. The number of para-hydroxylation sites is 2. The largest absolute Gasteiger partial charge is 0.506 e. The van der Waals surface area contributed by atoms with Crippen LogP contribution >= 0.6 is 0 Å². The Labute approximate surface area is 189 Å². The number of pyridine rings is 1. The van der Waals surface area contributed by atoms with E-state index in [-0.39, 0.29) is 22.9 Å². The number of rotatable bonds is 3. The van der Waals surface area contributed by atoms with E-state index >= 15 is 0 Å². The molecule has 3 aromatic carbocycles. The summed E-state index contributed by atoms with van der Waals surface area (Å²) in [7, 11) is 1.72. The third kappa shape index (κ3) is 2.82. The molecule has 7 heteroatoms. The van der Waals surface area contributed by atoms with Gasteiger partial charge in [-0.3, -0.25) is 20.3 Å². The molecule has 0 saturated heterocycles. The van der Waals surface area contributed by atoms with Gasteiger partial charge in [0.25, 0.3) is 5.56 Å². The van der Waals surface area contributed by atoms with Crippen molar-refractivity contribution in [2.75, 3.05) is 10.4 Å². The summed E-state index contributed by atoms with van der Waals surface area (Å²) < 4.78 is 1.56. The summed E-state index contributed by atoms with van der Waals surface area (Å²) in [5.41, 5.74) is 7.29. The third-order valence-corrected chi connectivity index (χ3v) is 6.24. The van der Waals surface area contributed by atoms with Crippen LogP contribution < -0.4 is 16.0 Å². The van der Waals surface area contributed by atoms with Gasteiger partial charge >= 0.3 is 0 Å². The van der Waals surface area contributed by atoms with Gasteiger partial charge in [0, 0.05) is 12.4 Å². The summed E-state index contributed by atoms with van der Waals surface area (Å²) in [6.45, 7) is 0. The van der Waals surface area contributed by atoms with Crippen molar-refractivity contribution in [1.82, 2.24) is 14.8 Å². The number of aromatic nitrogens is 3. The summed E-state index contributed by atoms with van der Waals surface area (Å²) in [6.07, 6.45) is 0. The predicted octanol–water partition coefficient (Wildman–Crippen LogP) is 4.57. The zero-order valence-electron chi connectivity index (χ0n) is 17.9. The Hall–Kier alpha value is -4.52. The van der Waals surface area contributed by atoms with Gasteiger partial charge in [-0.05, 0) is 29.8 Å². The van der Waals surface area contributed by atoms with Crippen molar-refractivity contribution in [3.63, 3.8) is 0 Å².